The third-order valence-corrected chi connectivity index (χ3v) is 3.33. The van der Waals surface area contributed by atoms with E-state index in [4.69, 9.17) is 5.11 Å². The van der Waals surface area contributed by atoms with Gasteiger partial charge in [-0.25, -0.2) is 4.79 Å². The van der Waals surface area contributed by atoms with Crippen molar-refractivity contribution >= 4 is 22.9 Å². The maximum atomic E-state index is 12.3. The van der Waals surface area contributed by atoms with Crippen LogP contribution < -0.4 is 5.69 Å². The number of carbonyl (C=O) groups is 2. The van der Waals surface area contributed by atoms with E-state index in [0.29, 0.717) is 12.1 Å². The molecule has 0 radical (unpaired) electrons. The van der Waals surface area contributed by atoms with Crippen molar-refractivity contribution in [1.82, 2.24) is 14.0 Å². The van der Waals surface area contributed by atoms with Crippen molar-refractivity contribution in [1.29, 1.82) is 0 Å². The van der Waals surface area contributed by atoms with Gasteiger partial charge in [-0.1, -0.05) is 12.1 Å². The first-order chi connectivity index (χ1) is 9.95. The number of carbonyl (C=O) groups excluding carboxylic acids is 1. The highest BCUT2D eigenvalue weighted by atomic mass is 16.4. The summed E-state index contributed by atoms with van der Waals surface area (Å²) in [6.45, 7) is 1.80. The SMILES string of the molecule is CCn1c(=O)n(CC(=O)N(C)CC(=O)O)c2ccccc21. The molecular weight excluding hydrogens is 274 g/mol. The predicted molar refractivity (Wildman–Crippen MR) is 77.1 cm³/mol. The molecule has 2 aromatic rings. The monoisotopic (exact) mass is 291 g/mol. The Bertz CT molecular complexity index is 744. The molecule has 7 heteroatoms. The van der Waals surface area contributed by atoms with E-state index in [1.165, 1.54) is 11.6 Å². The quantitative estimate of drug-likeness (QED) is 0.862. The predicted octanol–water partition coefficient (Wildman–Crippen LogP) is 0.366. The highest BCUT2D eigenvalue weighted by Crippen LogP contribution is 2.12. The van der Waals surface area contributed by atoms with Crippen LogP contribution in [-0.2, 0) is 22.7 Å². The van der Waals surface area contributed by atoms with E-state index < -0.39 is 11.9 Å². The lowest BCUT2D eigenvalue weighted by Crippen LogP contribution is -2.37. The number of likely N-dealkylation sites (N-methyl/N-ethyl adjacent to an activating group) is 1. The van der Waals surface area contributed by atoms with Gasteiger partial charge in [0.1, 0.15) is 13.1 Å². The average molecular weight is 291 g/mol. The molecule has 0 unspecified atom stereocenters. The number of aliphatic carboxylic acids is 1. The molecule has 0 saturated heterocycles. The highest BCUT2D eigenvalue weighted by molar-refractivity contribution is 5.83. The summed E-state index contributed by atoms with van der Waals surface area (Å²) in [5, 5.41) is 8.70. The number of amides is 1. The molecule has 112 valence electrons. The third-order valence-electron chi connectivity index (χ3n) is 3.33. The molecule has 21 heavy (non-hydrogen) atoms. The fourth-order valence-corrected chi connectivity index (χ4v) is 2.28. The highest BCUT2D eigenvalue weighted by Gasteiger charge is 2.17. The largest absolute Gasteiger partial charge is 0.480 e. The van der Waals surface area contributed by atoms with Gasteiger partial charge in [-0.3, -0.25) is 18.7 Å². The Balaban J connectivity index is 2.39. The van der Waals surface area contributed by atoms with E-state index in [1.807, 2.05) is 19.1 Å². The summed E-state index contributed by atoms with van der Waals surface area (Å²) in [6.07, 6.45) is 0. The zero-order valence-corrected chi connectivity index (χ0v) is 11.9. The molecular formula is C14H17N3O4. The Morgan fingerprint density at radius 3 is 2.29 bits per heavy atom. The van der Waals surface area contributed by atoms with E-state index in [-0.39, 0.29) is 18.8 Å². The molecule has 0 aliphatic rings. The molecule has 1 aromatic heterocycles. The standard InChI is InChI=1S/C14H17N3O4/c1-3-16-10-6-4-5-7-11(10)17(14(16)21)8-12(18)15(2)9-13(19)20/h4-7H,3,8-9H2,1-2H3,(H,19,20). The molecule has 0 aliphatic heterocycles. The maximum Gasteiger partial charge on any atom is 0.329 e. The summed E-state index contributed by atoms with van der Waals surface area (Å²) < 4.78 is 2.96. The molecule has 0 bridgehead atoms. The molecule has 1 heterocycles. The van der Waals surface area contributed by atoms with Crippen LogP contribution in [0.4, 0.5) is 0 Å². The van der Waals surface area contributed by atoms with E-state index in [0.717, 1.165) is 10.4 Å². The van der Waals surface area contributed by atoms with E-state index in [2.05, 4.69) is 0 Å². The van der Waals surface area contributed by atoms with Crippen molar-refractivity contribution in [2.45, 2.75) is 20.0 Å². The van der Waals surface area contributed by atoms with Gasteiger partial charge < -0.3 is 10.0 Å². The molecule has 0 saturated carbocycles. The zero-order valence-electron chi connectivity index (χ0n) is 11.9. The minimum Gasteiger partial charge on any atom is -0.480 e. The third kappa shape index (κ3) is 2.81. The molecule has 0 atom stereocenters. The van der Waals surface area contributed by atoms with Gasteiger partial charge in [-0.15, -0.1) is 0 Å². The topological polar surface area (TPSA) is 84.5 Å². The molecule has 1 amide bonds. The summed E-state index contributed by atoms with van der Waals surface area (Å²) in [5.74, 6) is -1.51. The zero-order chi connectivity index (χ0) is 15.6. The lowest BCUT2D eigenvalue weighted by molar-refractivity contribution is -0.143. The van der Waals surface area contributed by atoms with Gasteiger partial charge in [-0.05, 0) is 19.1 Å². The molecule has 2 rings (SSSR count). The van der Waals surface area contributed by atoms with Crippen LogP contribution in [0.2, 0.25) is 0 Å². The van der Waals surface area contributed by atoms with Crippen LogP contribution in [0.25, 0.3) is 11.0 Å². The number of benzene rings is 1. The van der Waals surface area contributed by atoms with Gasteiger partial charge >= 0.3 is 11.7 Å². The van der Waals surface area contributed by atoms with E-state index >= 15 is 0 Å². The summed E-state index contributed by atoms with van der Waals surface area (Å²) in [6, 6.07) is 7.22. The number of imidazole rings is 1. The Morgan fingerprint density at radius 2 is 1.76 bits per heavy atom. The minimum absolute atomic E-state index is 0.171. The van der Waals surface area contributed by atoms with Crippen LogP contribution in [0, 0.1) is 0 Å². The number of rotatable bonds is 5. The number of hydrogen-bond acceptors (Lipinski definition) is 3. The fraction of sp³-hybridized carbons (Fsp3) is 0.357. The van der Waals surface area contributed by atoms with Crippen LogP contribution in [-0.4, -0.2) is 44.6 Å². The number of aryl methyl sites for hydroxylation is 1. The van der Waals surface area contributed by atoms with Crippen molar-refractivity contribution in [3.63, 3.8) is 0 Å². The average Bonchev–Trinajstić information content (AvgIpc) is 2.70. The second-order valence-corrected chi connectivity index (χ2v) is 4.75. The number of carboxylic acid groups (broad SMARTS) is 1. The fourth-order valence-electron chi connectivity index (χ4n) is 2.28. The normalized spacial score (nSPS) is 10.8. The van der Waals surface area contributed by atoms with Gasteiger partial charge in [0.15, 0.2) is 0 Å². The maximum absolute atomic E-state index is 12.3. The molecule has 0 aliphatic carbocycles. The number of aromatic nitrogens is 2. The summed E-state index contributed by atoms with van der Waals surface area (Å²) >= 11 is 0. The Hall–Kier alpha value is -2.57. The van der Waals surface area contributed by atoms with E-state index in [1.54, 1.807) is 16.7 Å². The summed E-state index contributed by atoms with van der Waals surface area (Å²) in [5.41, 5.74) is 1.16. The Morgan fingerprint density at radius 1 is 1.19 bits per heavy atom. The van der Waals surface area contributed by atoms with Gasteiger partial charge in [0.05, 0.1) is 11.0 Å². The van der Waals surface area contributed by atoms with Crippen LogP contribution >= 0.6 is 0 Å². The van der Waals surface area contributed by atoms with Crippen LogP contribution in [0.5, 0.6) is 0 Å². The van der Waals surface area contributed by atoms with Crippen molar-refractivity contribution in [3.8, 4) is 0 Å². The smallest absolute Gasteiger partial charge is 0.329 e. The van der Waals surface area contributed by atoms with Crippen molar-refractivity contribution in [2.24, 2.45) is 0 Å². The molecule has 1 aromatic carbocycles. The van der Waals surface area contributed by atoms with Crippen LogP contribution in [0.1, 0.15) is 6.92 Å². The molecule has 7 nitrogen and oxygen atoms in total. The molecule has 0 spiro atoms. The van der Waals surface area contributed by atoms with Crippen molar-refractivity contribution in [2.75, 3.05) is 13.6 Å². The lowest BCUT2D eigenvalue weighted by Gasteiger charge is -2.14. The van der Waals surface area contributed by atoms with Crippen molar-refractivity contribution < 1.29 is 14.7 Å². The second-order valence-electron chi connectivity index (χ2n) is 4.75. The van der Waals surface area contributed by atoms with Gasteiger partial charge in [-0.2, -0.15) is 0 Å². The van der Waals surface area contributed by atoms with Gasteiger partial charge in [0.25, 0.3) is 0 Å². The first-order valence-electron chi connectivity index (χ1n) is 6.59. The van der Waals surface area contributed by atoms with Crippen molar-refractivity contribution in [3.05, 3.63) is 34.7 Å². The lowest BCUT2D eigenvalue weighted by atomic mass is 10.3. The Kier molecular flexibility index (Phi) is 4.11. The molecule has 0 fully saturated rings. The summed E-state index contributed by atoms with van der Waals surface area (Å²) in [7, 11) is 1.40. The van der Waals surface area contributed by atoms with Crippen LogP contribution in [0.15, 0.2) is 29.1 Å². The number of hydrogen-bond donors (Lipinski definition) is 1. The second kappa shape index (κ2) is 5.82. The first-order valence-corrected chi connectivity index (χ1v) is 6.59. The Labute approximate surface area is 121 Å². The number of para-hydroxylation sites is 2. The first kappa shape index (κ1) is 14.8. The number of nitrogens with zero attached hydrogens (tertiary/aromatic N) is 3. The molecule has 1 N–H and O–H groups in total. The van der Waals surface area contributed by atoms with E-state index in [9.17, 15) is 14.4 Å². The minimum atomic E-state index is -1.09. The van der Waals surface area contributed by atoms with Gasteiger partial charge in [0, 0.05) is 13.6 Å². The number of carboxylic acids is 1. The van der Waals surface area contributed by atoms with Gasteiger partial charge in [0.2, 0.25) is 5.91 Å². The summed E-state index contributed by atoms with van der Waals surface area (Å²) in [4.78, 5) is 36.1. The number of fused-ring (bicyclic) bond motifs is 1. The van der Waals surface area contributed by atoms with Crippen LogP contribution in [0.3, 0.4) is 0 Å².